The number of benzene rings is 1. The Hall–Kier alpha value is -1.20. The predicted octanol–water partition coefficient (Wildman–Crippen LogP) is 6.72. The Bertz CT molecular complexity index is 647. The summed E-state index contributed by atoms with van der Waals surface area (Å²) in [7, 11) is -1.45. The van der Waals surface area contributed by atoms with Gasteiger partial charge in [-0.2, -0.15) is 0 Å². The third-order valence-electron chi connectivity index (χ3n) is 4.54. The molecule has 1 aromatic carbocycles. The van der Waals surface area contributed by atoms with E-state index in [0.717, 1.165) is 25.8 Å². The van der Waals surface area contributed by atoms with E-state index in [1.54, 1.807) is 0 Å². The molecule has 0 saturated carbocycles. The van der Waals surface area contributed by atoms with E-state index in [1.807, 2.05) is 37.4 Å². The van der Waals surface area contributed by atoms with Gasteiger partial charge in [-0.05, 0) is 63.1 Å². The third kappa shape index (κ3) is 7.38. The molecule has 1 amide bonds. The molecule has 1 atom stereocenters. The normalized spacial score (nSPS) is 19.1. The van der Waals surface area contributed by atoms with Crippen molar-refractivity contribution in [2.75, 3.05) is 6.54 Å². The Labute approximate surface area is 170 Å². The fourth-order valence-corrected chi connectivity index (χ4v) is 6.20. The quantitative estimate of drug-likeness (QED) is 0.402. The minimum Gasteiger partial charge on any atom is -0.444 e. The molecule has 1 aliphatic heterocycles. The summed E-state index contributed by atoms with van der Waals surface area (Å²) in [5.41, 5.74) is -0.443. The van der Waals surface area contributed by atoms with Crippen molar-refractivity contribution < 1.29 is 9.53 Å². The van der Waals surface area contributed by atoms with Crippen molar-refractivity contribution in [2.24, 2.45) is 0 Å². The number of carbonyl (C=O) groups excluding carboxylic acids is 1. The highest BCUT2D eigenvalue weighted by Crippen LogP contribution is 2.34. The lowest BCUT2D eigenvalue weighted by molar-refractivity contribution is 0.0102. The maximum atomic E-state index is 12.6. The fourth-order valence-electron chi connectivity index (χ4n) is 3.17. The van der Waals surface area contributed by atoms with E-state index in [4.69, 9.17) is 4.74 Å². The lowest BCUT2D eigenvalue weighted by atomic mass is 10.00. The zero-order chi connectivity index (χ0) is 20.1. The van der Waals surface area contributed by atoms with Crippen LogP contribution < -0.4 is 0 Å². The first kappa shape index (κ1) is 22.1. The van der Waals surface area contributed by atoms with Crippen molar-refractivity contribution in [3.05, 3.63) is 40.9 Å². The Morgan fingerprint density at radius 2 is 1.89 bits per heavy atom. The highest BCUT2D eigenvalue weighted by molar-refractivity contribution is 8.05. The van der Waals surface area contributed by atoms with Gasteiger partial charge in [0.05, 0.1) is 8.07 Å². The number of ether oxygens (including phenoxy) is 1. The second-order valence-electron chi connectivity index (χ2n) is 9.29. The van der Waals surface area contributed by atoms with Crippen LogP contribution in [0.2, 0.25) is 19.6 Å². The molecule has 1 saturated heterocycles. The Kier molecular flexibility index (Phi) is 7.63. The molecule has 2 rings (SSSR count). The first-order chi connectivity index (χ1) is 12.6. The topological polar surface area (TPSA) is 29.5 Å². The van der Waals surface area contributed by atoms with Crippen LogP contribution in [0.25, 0.3) is 0 Å². The zero-order valence-electron chi connectivity index (χ0n) is 17.7. The Balaban J connectivity index is 2.13. The van der Waals surface area contributed by atoms with E-state index in [2.05, 4.69) is 56.0 Å². The number of amides is 1. The molecule has 5 heteroatoms. The van der Waals surface area contributed by atoms with Crippen molar-refractivity contribution >= 4 is 25.9 Å². The van der Waals surface area contributed by atoms with Crippen LogP contribution in [-0.4, -0.2) is 37.3 Å². The minimum atomic E-state index is -1.45. The number of carbonyl (C=O) groups is 1. The fraction of sp³-hybridized carbons (Fsp3) is 0.591. The molecule has 0 bridgehead atoms. The summed E-state index contributed by atoms with van der Waals surface area (Å²) >= 11 is 1.89. The molecule has 0 N–H and O–H groups in total. The summed E-state index contributed by atoms with van der Waals surface area (Å²) in [4.78, 5) is 15.9. The van der Waals surface area contributed by atoms with Gasteiger partial charge in [-0.3, -0.25) is 0 Å². The molecule has 1 heterocycles. The largest absolute Gasteiger partial charge is 0.444 e. The number of piperidine rings is 1. The van der Waals surface area contributed by atoms with Gasteiger partial charge in [-0.25, -0.2) is 4.79 Å². The third-order valence-corrected chi connectivity index (χ3v) is 9.26. The number of nitrogens with zero attached hydrogens (tertiary/aromatic N) is 1. The molecule has 27 heavy (non-hydrogen) atoms. The van der Waals surface area contributed by atoms with Crippen LogP contribution in [0.4, 0.5) is 4.79 Å². The van der Waals surface area contributed by atoms with E-state index in [9.17, 15) is 4.79 Å². The van der Waals surface area contributed by atoms with Gasteiger partial charge in [-0.15, -0.1) is 0 Å². The minimum absolute atomic E-state index is 0.161. The molecule has 1 fully saturated rings. The van der Waals surface area contributed by atoms with Gasteiger partial charge in [0, 0.05) is 17.5 Å². The van der Waals surface area contributed by atoms with Crippen LogP contribution in [0, 0.1) is 0 Å². The Morgan fingerprint density at radius 3 is 2.48 bits per heavy atom. The molecule has 150 valence electrons. The highest BCUT2D eigenvalue weighted by atomic mass is 32.2. The van der Waals surface area contributed by atoms with Gasteiger partial charge < -0.3 is 9.64 Å². The smallest absolute Gasteiger partial charge is 0.410 e. The van der Waals surface area contributed by atoms with Crippen LogP contribution in [0.15, 0.2) is 45.8 Å². The first-order valence-corrected chi connectivity index (χ1v) is 14.3. The lowest BCUT2D eigenvalue weighted by Gasteiger charge is -2.36. The second-order valence-corrected chi connectivity index (χ2v) is 15.8. The van der Waals surface area contributed by atoms with Gasteiger partial charge in [0.25, 0.3) is 0 Å². The Morgan fingerprint density at radius 1 is 1.22 bits per heavy atom. The van der Waals surface area contributed by atoms with Crippen molar-refractivity contribution in [3.8, 4) is 0 Å². The van der Waals surface area contributed by atoms with Crippen molar-refractivity contribution in [1.29, 1.82) is 0 Å². The van der Waals surface area contributed by atoms with E-state index in [-0.39, 0.29) is 12.1 Å². The molecule has 0 spiro atoms. The van der Waals surface area contributed by atoms with E-state index < -0.39 is 13.7 Å². The summed E-state index contributed by atoms with van der Waals surface area (Å²) in [6.07, 6.45) is 6.47. The van der Waals surface area contributed by atoms with E-state index >= 15 is 0 Å². The summed E-state index contributed by atoms with van der Waals surface area (Å²) < 4.78 is 7.14. The molecule has 3 nitrogen and oxygen atoms in total. The number of hydrogen-bond donors (Lipinski definition) is 0. The summed E-state index contributed by atoms with van der Waals surface area (Å²) in [6, 6.07) is 10.8. The van der Waals surface area contributed by atoms with E-state index in [0.29, 0.717) is 0 Å². The summed E-state index contributed by atoms with van der Waals surface area (Å²) in [5.74, 6) is 0. The molecule has 1 aliphatic rings. The number of hydrogen-bond acceptors (Lipinski definition) is 3. The number of thioether (sulfide) groups is 1. The van der Waals surface area contributed by atoms with Crippen molar-refractivity contribution in [1.82, 2.24) is 4.90 Å². The SMILES string of the molecule is CC(C)(C)OC(=O)N1CCCC[C@H]1C/C=C(\Sc1ccccc1)[Si](C)(C)C. The van der Waals surface area contributed by atoms with Gasteiger partial charge >= 0.3 is 6.09 Å². The van der Waals surface area contributed by atoms with Crippen molar-refractivity contribution in [3.63, 3.8) is 0 Å². The number of rotatable bonds is 5. The first-order valence-electron chi connectivity index (χ1n) is 9.99. The molecular weight excluding hydrogens is 370 g/mol. The lowest BCUT2D eigenvalue weighted by Crippen LogP contribution is -2.46. The maximum absolute atomic E-state index is 12.6. The molecule has 0 unspecified atom stereocenters. The molecule has 0 aliphatic carbocycles. The predicted molar refractivity (Wildman–Crippen MR) is 119 cm³/mol. The maximum Gasteiger partial charge on any atom is 0.410 e. The van der Waals surface area contributed by atoms with Crippen molar-refractivity contribution in [2.45, 2.75) is 82.6 Å². The average molecular weight is 406 g/mol. The van der Waals surface area contributed by atoms with Gasteiger partial charge in [0.15, 0.2) is 0 Å². The standard InChI is InChI=1S/C22H35NO2SSi/c1-22(2,3)25-21(24)23-17-11-10-12-18(23)15-16-20(27(4,5)6)26-19-13-8-7-9-14-19/h7-9,13-14,16,18H,10-12,15,17H2,1-6H3/b20-16+/t18-/m0/s1. The highest BCUT2D eigenvalue weighted by Gasteiger charge is 2.30. The van der Waals surface area contributed by atoms with Gasteiger partial charge in [-0.1, -0.05) is 55.7 Å². The zero-order valence-corrected chi connectivity index (χ0v) is 19.6. The van der Waals surface area contributed by atoms with Gasteiger partial charge in [0.2, 0.25) is 0 Å². The van der Waals surface area contributed by atoms with Crippen LogP contribution >= 0.6 is 11.8 Å². The summed E-state index contributed by atoms with van der Waals surface area (Å²) in [6.45, 7) is 13.8. The molecule has 0 aromatic heterocycles. The molecule has 1 aromatic rings. The summed E-state index contributed by atoms with van der Waals surface area (Å²) in [5, 5.41) is 0. The molecule has 0 radical (unpaired) electrons. The van der Waals surface area contributed by atoms with Crippen LogP contribution in [0.3, 0.4) is 0 Å². The number of likely N-dealkylation sites (tertiary alicyclic amines) is 1. The van der Waals surface area contributed by atoms with Crippen LogP contribution in [0.5, 0.6) is 0 Å². The van der Waals surface area contributed by atoms with Crippen LogP contribution in [-0.2, 0) is 4.74 Å². The molecular formula is C22H35NO2SSi. The van der Waals surface area contributed by atoms with E-state index in [1.165, 1.54) is 15.8 Å². The second kappa shape index (κ2) is 9.33. The monoisotopic (exact) mass is 405 g/mol. The average Bonchev–Trinajstić information content (AvgIpc) is 2.57. The van der Waals surface area contributed by atoms with Crippen LogP contribution in [0.1, 0.15) is 46.5 Å². The van der Waals surface area contributed by atoms with Gasteiger partial charge in [0.1, 0.15) is 5.60 Å².